The molecule has 92 valence electrons. The number of benzene rings is 1. The van der Waals surface area contributed by atoms with Gasteiger partial charge in [-0.3, -0.25) is 4.79 Å². The Bertz CT molecular complexity index is 448. The van der Waals surface area contributed by atoms with Crippen LogP contribution in [0.4, 0.5) is 5.69 Å². The molecule has 0 aromatic heterocycles. The lowest BCUT2D eigenvalue weighted by Gasteiger charge is -2.12. The van der Waals surface area contributed by atoms with Gasteiger partial charge in [-0.25, -0.2) is 0 Å². The number of amides is 1. The molecule has 0 fully saturated rings. The molecule has 0 heterocycles. The second-order valence-corrected chi connectivity index (χ2v) is 5.15. The minimum Gasteiger partial charge on any atom is -0.389 e. The fourth-order valence-corrected chi connectivity index (χ4v) is 1.82. The summed E-state index contributed by atoms with van der Waals surface area (Å²) in [5.41, 5.74) is 7.03. The Balaban J connectivity index is 2.86. The van der Waals surface area contributed by atoms with E-state index in [1.807, 2.05) is 13.8 Å². The van der Waals surface area contributed by atoms with Crippen molar-refractivity contribution in [3.05, 3.63) is 28.2 Å². The van der Waals surface area contributed by atoms with E-state index in [1.165, 1.54) is 0 Å². The van der Waals surface area contributed by atoms with Crippen molar-refractivity contribution in [2.75, 3.05) is 5.32 Å². The van der Waals surface area contributed by atoms with Gasteiger partial charge in [0, 0.05) is 16.0 Å². The van der Waals surface area contributed by atoms with Gasteiger partial charge in [0.05, 0.1) is 5.69 Å². The van der Waals surface area contributed by atoms with Crippen LogP contribution in [-0.4, -0.2) is 10.9 Å². The first kappa shape index (κ1) is 14.1. The van der Waals surface area contributed by atoms with Crippen molar-refractivity contribution in [2.45, 2.75) is 20.3 Å². The highest BCUT2D eigenvalue weighted by Crippen LogP contribution is 2.24. The third-order valence-corrected chi connectivity index (χ3v) is 3.46. The summed E-state index contributed by atoms with van der Waals surface area (Å²) >= 11 is 8.27. The van der Waals surface area contributed by atoms with Crippen LogP contribution in [-0.2, 0) is 4.79 Å². The van der Waals surface area contributed by atoms with Crippen molar-refractivity contribution in [1.29, 1.82) is 0 Å². The number of thiocarbonyl (C=S) groups is 1. The zero-order chi connectivity index (χ0) is 13.0. The molecule has 1 atom stereocenters. The second kappa shape index (κ2) is 6.12. The Morgan fingerprint density at radius 1 is 1.59 bits per heavy atom. The molecule has 0 saturated carbocycles. The Morgan fingerprint density at radius 3 is 2.71 bits per heavy atom. The lowest BCUT2D eigenvalue weighted by molar-refractivity contribution is -0.119. The van der Waals surface area contributed by atoms with Crippen LogP contribution in [0.15, 0.2) is 22.7 Å². The number of nitrogens with one attached hydrogen (secondary N) is 1. The Morgan fingerprint density at radius 2 is 2.24 bits per heavy atom. The first-order chi connectivity index (χ1) is 7.95. The van der Waals surface area contributed by atoms with E-state index in [0.29, 0.717) is 4.99 Å². The number of carbonyl (C=O) groups excluding carboxylic acids is 1. The van der Waals surface area contributed by atoms with Crippen LogP contribution in [0.3, 0.4) is 0 Å². The molecule has 3 nitrogen and oxygen atoms in total. The summed E-state index contributed by atoms with van der Waals surface area (Å²) < 4.78 is 0.777. The molecule has 5 heteroatoms. The predicted octanol–water partition coefficient (Wildman–Crippen LogP) is 3.07. The van der Waals surface area contributed by atoms with Crippen LogP contribution in [0.1, 0.15) is 25.8 Å². The van der Waals surface area contributed by atoms with E-state index < -0.39 is 0 Å². The fourth-order valence-electron chi connectivity index (χ4n) is 1.21. The van der Waals surface area contributed by atoms with Crippen LogP contribution in [0, 0.1) is 5.92 Å². The van der Waals surface area contributed by atoms with Crippen LogP contribution in [0.25, 0.3) is 0 Å². The van der Waals surface area contributed by atoms with E-state index in [1.54, 1.807) is 18.2 Å². The van der Waals surface area contributed by atoms with E-state index >= 15 is 0 Å². The van der Waals surface area contributed by atoms with Gasteiger partial charge >= 0.3 is 0 Å². The summed E-state index contributed by atoms with van der Waals surface area (Å²) in [5, 5.41) is 2.86. The maximum atomic E-state index is 11.7. The van der Waals surface area contributed by atoms with Gasteiger partial charge in [-0.05, 0) is 40.5 Å². The molecule has 0 aliphatic rings. The molecule has 17 heavy (non-hydrogen) atoms. The molecule has 0 saturated heterocycles. The molecule has 0 aliphatic carbocycles. The highest BCUT2D eigenvalue weighted by Gasteiger charge is 2.12. The average Bonchev–Trinajstić information content (AvgIpc) is 2.30. The monoisotopic (exact) mass is 314 g/mol. The molecule has 1 aromatic rings. The molecule has 1 aromatic carbocycles. The quantitative estimate of drug-likeness (QED) is 0.840. The van der Waals surface area contributed by atoms with Crippen molar-refractivity contribution in [1.82, 2.24) is 0 Å². The smallest absolute Gasteiger partial charge is 0.227 e. The number of hydrogen-bond acceptors (Lipinski definition) is 2. The number of anilines is 1. The average molecular weight is 315 g/mol. The molecule has 1 amide bonds. The zero-order valence-corrected chi connectivity index (χ0v) is 12.2. The summed E-state index contributed by atoms with van der Waals surface area (Å²) in [6.45, 7) is 3.88. The molecule has 1 unspecified atom stereocenters. The summed E-state index contributed by atoms with van der Waals surface area (Å²) in [6, 6.07) is 5.38. The van der Waals surface area contributed by atoms with E-state index in [0.717, 1.165) is 22.1 Å². The first-order valence-electron chi connectivity index (χ1n) is 5.36. The van der Waals surface area contributed by atoms with Crippen LogP contribution in [0.2, 0.25) is 0 Å². The number of nitrogens with two attached hydrogens (primary N) is 1. The third kappa shape index (κ3) is 3.78. The Kier molecular flexibility index (Phi) is 5.08. The lowest BCUT2D eigenvalue weighted by Crippen LogP contribution is -2.20. The molecule has 0 bridgehead atoms. The Hall–Kier alpha value is -0.940. The van der Waals surface area contributed by atoms with Gasteiger partial charge in [-0.2, -0.15) is 0 Å². The molecule has 0 spiro atoms. The maximum Gasteiger partial charge on any atom is 0.227 e. The van der Waals surface area contributed by atoms with E-state index in [-0.39, 0.29) is 11.8 Å². The minimum absolute atomic E-state index is 0.00263. The molecular formula is C12H15BrN2OS. The molecular weight excluding hydrogens is 300 g/mol. The summed E-state index contributed by atoms with van der Waals surface area (Å²) in [6.07, 6.45) is 0.814. The van der Waals surface area contributed by atoms with Crippen LogP contribution >= 0.6 is 28.1 Å². The summed E-state index contributed by atoms with van der Waals surface area (Å²) in [7, 11) is 0. The normalized spacial score (nSPS) is 11.9. The Labute approximate surface area is 115 Å². The topological polar surface area (TPSA) is 55.1 Å². The molecule has 1 rings (SSSR count). The lowest BCUT2D eigenvalue weighted by atomic mass is 10.1. The standard InChI is InChI=1S/C12H15BrN2OS/c1-3-7(2)12(16)15-10-5-4-8(11(14)17)6-9(10)13/h4-7H,3H2,1-2H3,(H2,14,17)(H,15,16). The molecule has 0 aliphatic heterocycles. The fraction of sp³-hybridized carbons (Fsp3) is 0.333. The van der Waals surface area contributed by atoms with Gasteiger partial charge in [0.15, 0.2) is 0 Å². The van der Waals surface area contributed by atoms with E-state index in [4.69, 9.17) is 18.0 Å². The van der Waals surface area contributed by atoms with Gasteiger partial charge in [-0.1, -0.05) is 26.1 Å². The number of carbonyl (C=O) groups is 1. The van der Waals surface area contributed by atoms with Gasteiger partial charge < -0.3 is 11.1 Å². The molecule has 0 radical (unpaired) electrons. The van der Waals surface area contributed by atoms with Gasteiger partial charge in [0.1, 0.15) is 4.99 Å². The van der Waals surface area contributed by atoms with Crippen molar-refractivity contribution < 1.29 is 4.79 Å². The largest absolute Gasteiger partial charge is 0.389 e. The second-order valence-electron chi connectivity index (χ2n) is 3.86. The predicted molar refractivity (Wildman–Crippen MR) is 78.1 cm³/mol. The van der Waals surface area contributed by atoms with Crippen molar-refractivity contribution in [3.8, 4) is 0 Å². The van der Waals surface area contributed by atoms with Gasteiger partial charge in [0.25, 0.3) is 0 Å². The number of hydrogen-bond donors (Lipinski definition) is 2. The molecule has 3 N–H and O–H groups in total. The van der Waals surface area contributed by atoms with Crippen LogP contribution in [0.5, 0.6) is 0 Å². The first-order valence-corrected chi connectivity index (χ1v) is 6.56. The van der Waals surface area contributed by atoms with E-state index in [9.17, 15) is 4.79 Å². The third-order valence-electron chi connectivity index (χ3n) is 2.57. The highest BCUT2D eigenvalue weighted by molar-refractivity contribution is 9.10. The summed E-state index contributed by atoms with van der Waals surface area (Å²) in [5.74, 6) is 0.00781. The maximum absolute atomic E-state index is 11.7. The number of halogens is 1. The SMILES string of the molecule is CCC(C)C(=O)Nc1ccc(C(N)=S)cc1Br. The van der Waals surface area contributed by atoms with Crippen molar-refractivity contribution in [3.63, 3.8) is 0 Å². The zero-order valence-electron chi connectivity index (χ0n) is 9.79. The van der Waals surface area contributed by atoms with Crippen LogP contribution < -0.4 is 11.1 Å². The summed E-state index contributed by atoms with van der Waals surface area (Å²) in [4.78, 5) is 12.1. The van der Waals surface area contributed by atoms with E-state index in [2.05, 4.69) is 21.2 Å². The van der Waals surface area contributed by atoms with Gasteiger partial charge in [0.2, 0.25) is 5.91 Å². The van der Waals surface area contributed by atoms with Crippen molar-refractivity contribution >= 4 is 44.7 Å². The number of rotatable bonds is 4. The highest BCUT2D eigenvalue weighted by atomic mass is 79.9. The van der Waals surface area contributed by atoms with Gasteiger partial charge in [-0.15, -0.1) is 0 Å². The van der Waals surface area contributed by atoms with Crippen molar-refractivity contribution in [2.24, 2.45) is 11.7 Å². The minimum atomic E-state index is -0.00263.